The number of fused-ring (bicyclic) bond motifs is 1. The molecule has 0 saturated heterocycles. The van der Waals surface area contributed by atoms with Gasteiger partial charge in [0.15, 0.2) is 0 Å². The van der Waals surface area contributed by atoms with Crippen molar-refractivity contribution in [1.82, 2.24) is 10.3 Å². The highest BCUT2D eigenvalue weighted by atomic mass is 16.5. The van der Waals surface area contributed by atoms with E-state index < -0.39 is 6.09 Å². The third-order valence-electron chi connectivity index (χ3n) is 2.63. The van der Waals surface area contributed by atoms with Crippen LogP contribution in [0.2, 0.25) is 0 Å². The van der Waals surface area contributed by atoms with Crippen molar-refractivity contribution < 1.29 is 14.6 Å². The summed E-state index contributed by atoms with van der Waals surface area (Å²) < 4.78 is 5.53. The van der Waals surface area contributed by atoms with Crippen LogP contribution in [-0.4, -0.2) is 29.3 Å². The zero-order valence-electron chi connectivity index (χ0n) is 10.3. The van der Waals surface area contributed by atoms with E-state index in [4.69, 9.17) is 15.6 Å². The molecule has 0 aliphatic carbocycles. The van der Waals surface area contributed by atoms with Crippen LogP contribution in [0.4, 0.5) is 10.6 Å². The lowest BCUT2D eigenvalue weighted by molar-refractivity contribution is 0.193. The first-order valence-electron chi connectivity index (χ1n) is 5.90. The molecule has 0 atom stereocenters. The topological polar surface area (TPSA) is 97.5 Å². The van der Waals surface area contributed by atoms with E-state index >= 15 is 0 Å². The van der Waals surface area contributed by atoms with E-state index in [1.807, 2.05) is 24.3 Å². The predicted octanol–water partition coefficient (Wildman–Crippen LogP) is 1.85. The molecule has 1 aromatic carbocycles. The second-order valence-electron chi connectivity index (χ2n) is 4.01. The van der Waals surface area contributed by atoms with Gasteiger partial charge in [0.2, 0.25) is 0 Å². The van der Waals surface area contributed by atoms with Gasteiger partial charge in [-0.05, 0) is 30.0 Å². The van der Waals surface area contributed by atoms with Gasteiger partial charge in [-0.15, -0.1) is 0 Å². The monoisotopic (exact) mass is 261 g/mol. The number of ether oxygens (including phenoxy) is 1. The third-order valence-corrected chi connectivity index (χ3v) is 2.63. The van der Waals surface area contributed by atoms with Crippen LogP contribution < -0.4 is 15.8 Å². The van der Waals surface area contributed by atoms with Crippen molar-refractivity contribution >= 4 is 22.7 Å². The molecule has 100 valence electrons. The molecule has 2 aromatic rings. The maximum atomic E-state index is 10.2. The van der Waals surface area contributed by atoms with Crippen molar-refractivity contribution in [3.05, 3.63) is 30.5 Å². The summed E-state index contributed by atoms with van der Waals surface area (Å²) in [5, 5.41) is 12.5. The minimum Gasteiger partial charge on any atom is -0.494 e. The molecule has 6 nitrogen and oxygen atoms in total. The quantitative estimate of drug-likeness (QED) is 0.713. The van der Waals surface area contributed by atoms with Crippen molar-refractivity contribution in [2.45, 2.75) is 6.42 Å². The molecule has 4 N–H and O–H groups in total. The highest BCUT2D eigenvalue weighted by Gasteiger charge is 2.01. The average Bonchev–Trinajstić information content (AvgIpc) is 2.39. The molecular weight excluding hydrogens is 246 g/mol. The Morgan fingerprint density at radius 2 is 2.26 bits per heavy atom. The molecule has 0 radical (unpaired) electrons. The summed E-state index contributed by atoms with van der Waals surface area (Å²) in [6.45, 7) is 0.804. The van der Waals surface area contributed by atoms with E-state index in [1.54, 1.807) is 6.20 Å². The Morgan fingerprint density at radius 3 is 3.05 bits per heavy atom. The standard InChI is InChI=1S/C13H15N3O3/c14-12-11-8-10(3-2-9(11)4-6-15-12)19-7-1-5-16-13(17)18/h2-4,6,8,16H,1,5,7H2,(H2,14,15)(H,17,18). The number of nitrogens with zero attached hydrogens (tertiary/aromatic N) is 1. The number of hydrogen-bond donors (Lipinski definition) is 3. The first kappa shape index (κ1) is 12.9. The largest absolute Gasteiger partial charge is 0.494 e. The highest BCUT2D eigenvalue weighted by Crippen LogP contribution is 2.23. The number of benzene rings is 1. The molecule has 0 bridgehead atoms. The van der Waals surface area contributed by atoms with Crippen molar-refractivity contribution in [2.24, 2.45) is 0 Å². The number of nitrogen functional groups attached to an aromatic ring is 1. The number of hydrogen-bond acceptors (Lipinski definition) is 4. The normalized spacial score (nSPS) is 10.3. The van der Waals surface area contributed by atoms with Crippen LogP contribution >= 0.6 is 0 Å². The van der Waals surface area contributed by atoms with Crippen LogP contribution in [0.5, 0.6) is 5.75 Å². The molecule has 0 unspecified atom stereocenters. The fourth-order valence-corrected chi connectivity index (χ4v) is 1.72. The van der Waals surface area contributed by atoms with E-state index in [1.165, 1.54) is 0 Å². The van der Waals surface area contributed by atoms with E-state index in [0.717, 1.165) is 10.8 Å². The number of carbonyl (C=O) groups is 1. The molecule has 1 aromatic heterocycles. The number of carboxylic acid groups (broad SMARTS) is 1. The van der Waals surface area contributed by atoms with Crippen LogP contribution in [0.3, 0.4) is 0 Å². The molecule has 0 fully saturated rings. The zero-order valence-corrected chi connectivity index (χ0v) is 10.3. The van der Waals surface area contributed by atoms with Gasteiger partial charge in [0.25, 0.3) is 0 Å². The van der Waals surface area contributed by atoms with Crippen molar-refractivity contribution in [3.63, 3.8) is 0 Å². The number of nitrogens with one attached hydrogen (secondary N) is 1. The molecule has 0 saturated carbocycles. The van der Waals surface area contributed by atoms with Gasteiger partial charge in [-0.25, -0.2) is 9.78 Å². The second-order valence-corrected chi connectivity index (χ2v) is 4.01. The van der Waals surface area contributed by atoms with Gasteiger partial charge >= 0.3 is 6.09 Å². The van der Waals surface area contributed by atoms with Gasteiger partial charge in [0, 0.05) is 18.1 Å². The van der Waals surface area contributed by atoms with Crippen molar-refractivity contribution in [3.8, 4) is 5.75 Å². The van der Waals surface area contributed by atoms with E-state index in [2.05, 4.69) is 10.3 Å². The Morgan fingerprint density at radius 1 is 1.42 bits per heavy atom. The minimum atomic E-state index is -1.02. The minimum absolute atomic E-state index is 0.368. The molecule has 1 amide bonds. The third kappa shape index (κ3) is 3.48. The lowest BCUT2D eigenvalue weighted by Crippen LogP contribution is -2.23. The Labute approximate surface area is 110 Å². The SMILES string of the molecule is Nc1nccc2ccc(OCCCNC(=O)O)cc12. The lowest BCUT2D eigenvalue weighted by atomic mass is 10.1. The lowest BCUT2D eigenvalue weighted by Gasteiger charge is -2.08. The average molecular weight is 261 g/mol. The van der Waals surface area contributed by atoms with Crippen LogP contribution in [0.25, 0.3) is 10.8 Å². The van der Waals surface area contributed by atoms with Gasteiger partial charge in [0.05, 0.1) is 6.61 Å². The maximum Gasteiger partial charge on any atom is 0.404 e. The first-order chi connectivity index (χ1) is 9.16. The van der Waals surface area contributed by atoms with Crippen LogP contribution in [-0.2, 0) is 0 Å². The fraction of sp³-hybridized carbons (Fsp3) is 0.231. The molecule has 19 heavy (non-hydrogen) atoms. The van der Waals surface area contributed by atoms with Crippen molar-refractivity contribution in [1.29, 1.82) is 0 Å². The smallest absolute Gasteiger partial charge is 0.404 e. The van der Waals surface area contributed by atoms with Gasteiger partial charge < -0.3 is 20.9 Å². The highest BCUT2D eigenvalue weighted by molar-refractivity contribution is 5.91. The molecular formula is C13H15N3O3. The maximum absolute atomic E-state index is 10.2. The summed E-state index contributed by atoms with van der Waals surface area (Å²) in [5.74, 6) is 1.16. The van der Waals surface area contributed by atoms with Gasteiger partial charge in [-0.2, -0.15) is 0 Å². The number of anilines is 1. The van der Waals surface area contributed by atoms with Gasteiger partial charge in [-0.3, -0.25) is 0 Å². The number of pyridine rings is 1. The molecule has 6 heteroatoms. The molecule has 0 spiro atoms. The predicted molar refractivity (Wildman–Crippen MR) is 72.3 cm³/mol. The number of rotatable bonds is 5. The second kappa shape index (κ2) is 5.90. The zero-order chi connectivity index (χ0) is 13.7. The van der Waals surface area contributed by atoms with E-state index in [0.29, 0.717) is 31.1 Å². The fourth-order valence-electron chi connectivity index (χ4n) is 1.72. The Balaban J connectivity index is 1.94. The number of nitrogens with two attached hydrogens (primary N) is 1. The molecule has 1 heterocycles. The Kier molecular flexibility index (Phi) is 4.02. The van der Waals surface area contributed by atoms with Gasteiger partial charge in [-0.1, -0.05) is 6.07 Å². The van der Waals surface area contributed by atoms with Gasteiger partial charge in [0.1, 0.15) is 11.6 Å². The summed E-state index contributed by atoms with van der Waals surface area (Å²) in [6, 6.07) is 7.49. The first-order valence-corrected chi connectivity index (χ1v) is 5.90. The summed E-state index contributed by atoms with van der Waals surface area (Å²) in [5.41, 5.74) is 5.79. The Bertz CT molecular complexity index is 586. The van der Waals surface area contributed by atoms with E-state index in [-0.39, 0.29) is 0 Å². The van der Waals surface area contributed by atoms with Crippen LogP contribution in [0.1, 0.15) is 6.42 Å². The van der Waals surface area contributed by atoms with E-state index in [9.17, 15) is 4.79 Å². The molecule has 0 aliphatic heterocycles. The summed E-state index contributed by atoms with van der Waals surface area (Å²) in [7, 11) is 0. The van der Waals surface area contributed by atoms with Crippen molar-refractivity contribution in [2.75, 3.05) is 18.9 Å². The van der Waals surface area contributed by atoms with Crippen LogP contribution in [0.15, 0.2) is 30.5 Å². The Hall–Kier alpha value is -2.50. The van der Waals surface area contributed by atoms with Crippen LogP contribution in [0, 0.1) is 0 Å². The summed E-state index contributed by atoms with van der Waals surface area (Å²) in [4.78, 5) is 14.3. The number of aromatic nitrogens is 1. The number of amides is 1. The molecule has 2 rings (SSSR count). The molecule has 0 aliphatic rings. The summed E-state index contributed by atoms with van der Waals surface area (Å²) >= 11 is 0. The summed E-state index contributed by atoms with van der Waals surface area (Å²) in [6.07, 6.45) is 1.24.